The van der Waals surface area contributed by atoms with Gasteiger partial charge in [-0.05, 0) is 36.5 Å². The average molecular weight is 372 g/mol. The molecule has 1 aromatic rings. The van der Waals surface area contributed by atoms with Crippen molar-refractivity contribution >= 4 is 11.9 Å². The SMILES string of the molecule is C#CCOc1cc(CNC(=NC)N2CCCC(CC(N)=O)C2)ccc1OC. The fourth-order valence-electron chi connectivity index (χ4n) is 3.29. The standard InChI is InChI=1S/C20H28N4O3/c1-4-10-27-18-11-15(7-8-17(18)26-3)13-23-20(22-2)24-9-5-6-16(14-24)12-19(21)25/h1,7-8,11,16H,5-6,9-10,12-14H2,2-3H3,(H2,21,25)(H,22,23). The second kappa shape index (κ2) is 10.3. The fraction of sp³-hybridized carbons (Fsp3) is 0.500. The smallest absolute Gasteiger partial charge is 0.217 e. The van der Waals surface area contributed by atoms with Crippen LogP contribution in [0.2, 0.25) is 0 Å². The van der Waals surface area contributed by atoms with Crippen molar-refractivity contribution in [2.75, 3.05) is 33.9 Å². The highest BCUT2D eigenvalue weighted by Crippen LogP contribution is 2.28. The summed E-state index contributed by atoms with van der Waals surface area (Å²) in [6, 6.07) is 5.73. The molecule has 0 spiro atoms. The molecule has 27 heavy (non-hydrogen) atoms. The zero-order valence-electron chi connectivity index (χ0n) is 16.0. The van der Waals surface area contributed by atoms with E-state index < -0.39 is 0 Å². The summed E-state index contributed by atoms with van der Waals surface area (Å²) < 4.78 is 10.8. The third-order valence-corrected chi connectivity index (χ3v) is 4.51. The zero-order valence-corrected chi connectivity index (χ0v) is 16.0. The van der Waals surface area contributed by atoms with Crippen LogP contribution >= 0.6 is 0 Å². The number of nitrogens with one attached hydrogen (secondary N) is 1. The number of carbonyl (C=O) groups excluding carboxylic acids is 1. The van der Waals surface area contributed by atoms with Crippen LogP contribution in [-0.4, -0.2) is 50.6 Å². The molecule has 7 nitrogen and oxygen atoms in total. The van der Waals surface area contributed by atoms with Gasteiger partial charge in [0.25, 0.3) is 0 Å². The van der Waals surface area contributed by atoms with Crippen molar-refractivity contribution in [1.82, 2.24) is 10.2 Å². The van der Waals surface area contributed by atoms with E-state index in [2.05, 4.69) is 21.1 Å². The highest BCUT2D eigenvalue weighted by Gasteiger charge is 2.23. The number of nitrogens with two attached hydrogens (primary N) is 1. The van der Waals surface area contributed by atoms with Gasteiger partial charge >= 0.3 is 0 Å². The number of piperidine rings is 1. The number of hydrogen-bond acceptors (Lipinski definition) is 4. The molecule has 1 fully saturated rings. The van der Waals surface area contributed by atoms with Crippen molar-refractivity contribution in [2.24, 2.45) is 16.6 Å². The lowest BCUT2D eigenvalue weighted by Crippen LogP contribution is -2.46. The molecule has 1 unspecified atom stereocenters. The lowest BCUT2D eigenvalue weighted by molar-refractivity contribution is -0.119. The molecule has 0 aliphatic carbocycles. The Kier molecular flexibility index (Phi) is 7.80. The van der Waals surface area contributed by atoms with Crippen LogP contribution in [-0.2, 0) is 11.3 Å². The van der Waals surface area contributed by atoms with Crippen molar-refractivity contribution in [2.45, 2.75) is 25.8 Å². The maximum Gasteiger partial charge on any atom is 0.217 e. The van der Waals surface area contributed by atoms with Gasteiger partial charge in [-0.2, -0.15) is 0 Å². The van der Waals surface area contributed by atoms with Crippen molar-refractivity contribution < 1.29 is 14.3 Å². The quantitative estimate of drug-likeness (QED) is 0.429. The number of terminal acetylenes is 1. The van der Waals surface area contributed by atoms with E-state index >= 15 is 0 Å². The summed E-state index contributed by atoms with van der Waals surface area (Å²) in [5.41, 5.74) is 6.37. The summed E-state index contributed by atoms with van der Waals surface area (Å²) >= 11 is 0. The number of guanidine groups is 1. The average Bonchev–Trinajstić information content (AvgIpc) is 2.66. The molecule has 0 saturated carbocycles. The highest BCUT2D eigenvalue weighted by atomic mass is 16.5. The molecule has 0 aromatic heterocycles. The number of ether oxygens (including phenoxy) is 2. The van der Waals surface area contributed by atoms with Gasteiger partial charge < -0.3 is 25.4 Å². The molecule has 3 N–H and O–H groups in total. The van der Waals surface area contributed by atoms with Crippen molar-refractivity contribution in [3.63, 3.8) is 0 Å². The van der Waals surface area contributed by atoms with Crippen LogP contribution in [0.1, 0.15) is 24.8 Å². The third-order valence-electron chi connectivity index (χ3n) is 4.51. The summed E-state index contributed by atoms with van der Waals surface area (Å²) in [5, 5.41) is 3.37. The van der Waals surface area contributed by atoms with Crippen LogP contribution in [0.15, 0.2) is 23.2 Å². The summed E-state index contributed by atoms with van der Waals surface area (Å²) in [5.74, 6) is 4.55. The molecule has 7 heteroatoms. The largest absolute Gasteiger partial charge is 0.493 e. The van der Waals surface area contributed by atoms with Gasteiger partial charge in [-0.1, -0.05) is 12.0 Å². The lowest BCUT2D eigenvalue weighted by atomic mass is 9.95. The molecule has 1 aliphatic rings. The molecule has 0 radical (unpaired) electrons. The van der Waals surface area contributed by atoms with Gasteiger partial charge in [-0.25, -0.2) is 0 Å². The van der Waals surface area contributed by atoms with E-state index in [-0.39, 0.29) is 18.4 Å². The molecule has 1 amide bonds. The number of methoxy groups -OCH3 is 1. The molecule has 1 heterocycles. The van der Waals surface area contributed by atoms with Gasteiger partial charge in [0, 0.05) is 33.1 Å². The Morgan fingerprint density at radius 3 is 2.96 bits per heavy atom. The van der Waals surface area contributed by atoms with Gasteiger partial charge in [0.05, 0.1) is 7.11 Å². The Hall–Kier alpha value is -2.88. The van der Waals surface area contributed by atoms with E-state index in [0.29, 0.717) is 24.5 Å². The van der Waals surface area contributed by atoms with E-state index in [1.165, 1.54) is 0 Å². The van der Waals surface area contributed by atoms with Crippen LogP contribution in [0.3, 0.4) is 0 Å². The number of benzene rings is 1. The number of primary amides is 1. The summed E-state index contributed by atoms with van der Waals surface area (Å²) in [6.45, 7) is 2.46. The maximum atomic E-state index is 11.2. The molecule has 1 saturated heterocycles. The first-order valence-corrected chi connectivity index (χ1v) is 9.04. The van der Waals surface area contributed by atoms with E-state index in [4.69, 9.17) is 21.6 Å². The minimum Gasteiger partial charge on any atom is -0.493 e. The van der Waals surface area contributed by atoms with Crippen LogP contribution < -0.4 is 20.5 Å². The number of likely N-dealkylation sites (tertiary alicyclic amines) is 1. The highest BCUT2D eigenvalue weighted by molar-refractivity contribution is 5.80. The van der Waals surface area contributed by atoms with Crippen molar-refractivity contribution in [3.8, 4) is 23.8 Å². The van der Waals surface area contributed by atoms with Crippen LogP contribution in [0.25, 0.3) is 0 Å². The summed E-state index contributed by atoms with van der Waals surface area (Å²) in [7, 11) is 3.35. The first kappa shape index (κ1) is 20.4. The Bertz CT molecular complexity index is 712. The Morgan fingerprint density at radius 1 is 1.48 bits per heavy atom. The monoisotopic (exact) mass is 372 g/mol. The maximum absolute atomic E-state index is 11.2. The van der Waals surface area contributed by atoms with E-state index in [0.717, 1.165) is 37.5 Å². The summed E-state index contributed by atoms with van der Waals surface area (Å²) in [6.07, 6.45) is 7.72. The number of rotatable bonds is 7. The number of amides is 1. The predicted octanol–water partition coefficient (Wildman–Crippen LogP) is 1.37. The van der Waals surface area contributed by atoms with Gasteiger partial charge in [0.15, 0.2) is 17.5 Å². The number of hydrogen-bond donors (Lipinski definition) is 2. The zero-order chi connectivity index (χ0) is 19.6. The van der Waals surface area contributed by atoms with E-state index in [1.54, 1.807) is 14.2 Å². The fourth-order valence-corrected chi connectivity index (χ4v) is 3.29. The number of nitrogens with zero attached hydrogens (tertiary/aromatic N) is 2. The number of carbonyl (C=O) groups is 1. The Balaban J connectivity index is 1.99. The lowest BCUT2D eigenvalue weighted by Gasteiger charge is -2.34. The van der Waals surface area contributed by atoms with Crippen molar-refractivity contribution in [3.05, 3.63) is 23.8 Å². The third kappa shape index (κ3) is 6.10. The molecule has 1 aromatic carbocycles. The van der Waals surface area contributed by atoms with E-state index in [9.17, 15) is 4.79 Å². The minimum atomic E-state index is -0.248. The Morgan fingerprint density at radius 2 is 2.30 bits per heavy atom. The van der Waals surface area contributed by atoms with Crippen LogP contribution in [0, 0.1) is 18.3 Å². The topological polar surface area (TPSA) is 89.2 Å². The van der Waals surface area contributed by atoms with E-state index in [1.807, 2.05) is 18.2 Å². The van der Waals surface area contributed by atoms with Gasteiger partial charge in [0.2, 0.25) is 5.91 Å². The second-order valence-corrected chi connectivity index (χ2v) is 6.50. The Labute approximate surface area is 160 Å². The van der Waals surface area contributed by atoms with Gasteiger partial charge in [-0.3, -0.25) is 9.79 Å². The molecular formula is C20H28N4O3. The first-order valence-electron chi connectivity index (χ1n) is 9.04. The van der Waals surface area contributed by atoms with Crippen LogP contribution in [0.5, 0.6) is 11.5 Å². The minimum absolute atomic E-state index is 0.184. The van der Waals surface area contributed by atoms with Crippen molar-refractivity contribution in [1.29, 1.82) is 0 Å². The molecule has 2 rings (SSSR count). The molecule has 0 bridgehead atoms. The second-order valence-electron chi connectivity index (χ2n) is 6.50. The molecular weight excluding hydrogens is 344 g/mol. The predicted molar refractivity (Wildman–Crippen MR) is 106 cm³/mol. The van der Waals surface area contributed by atoms with Gasteiger partial charge in [0.1, 0.15) is 6.61 Å². The van der Waals surface area contributed by atoms with Crippen LogP contribution in [0.4, 0.5) is 0 Å². The number of aliphatic imine (C=N–C) groups is 1. The molecule has 1 aliphatic heterocycles. The molecule has 1 atom stereocenters. The molecule has 146 valence electrons. The normalized spacial score (nSPS) is 17.1. The summed E-state index contributed by atoms with van der Waals surface area (Å²) in [4.78, 5) is 17.8. The van der Waals surface area contributed by atoms with Gasteiger partial charge in [-0.15, -0.1) is 6.42 Å². The first-order chi connectivity index (χ1) is 13.1.